The fourth-order valence-electron chi connectivity index (χ4n) is 4.32. The third-order valence-electron chi connectivity index (χ3n) is 5.83. The van der Waals surface area contributed by atoms with Gasteiger partial charge in [0.05, 0.1) is 16.8 Å². The molecule has 1 saturated carbocycles. The first-order valence-corrected chi connectivity index (χ1v) is 9.82. The monoisotopic (exact) mass is 448 g/mol. The molecule has 0 aromatic heterocycles. The van der Waals surface area contributed by atoms with Crippen LogP contribution in [0.2, 0.25) is 0 Å². The van der Waals surface area contributed by atoms with Gasteiger partial charge < -0.3 is 10.2 Å². The summed E-state index contributed by atoms with van der Waals surface area (Å²) in [4.78, 5) is 26.3. The lowest BCUT2D eigenvalue weighted by molar-refractivity contribution is -0.143. The summed E-state index contributed by atoms with van der Waals surface area (Å²) in [5.74, 6) is -0.205. The minimum absolute atomic E-state index is 0.00489. The second kappa shape index (κ2) is 8.29. The number of benzene rings is 1. The third kappa shape index (κ3) is 4.78. The van der Waals surface area contributed by atoms with Crippen molar-refractivity contribution >= 4 is 5.69 Å². The second-order valence-electron chi connectivity index (χ2n) is 8.14. The van der Waals surface area contributed by atoms with E-state index < -0.39 is 40.9 Å². The van der Waals surface area contributed by atoms with E-state index in [4.69, 9.17) is 0 Å². The van der Waals surface area contributed by atoms with Gasteiger partial charge in [-0.2, -0.15) is 26.3 Å². The second-order valence-corrected chi connectivity index (χ2v) is 8.14. The molecule has 0 heterocycles. The molecule has 4 nitrogen and oxygen atoms in total. The summed E-state index contributed by atoms with van der Waals surface area (Å²) in [5, 5.41) is 2.64. The molecule has 0 bridgehead atoms. The van der Waals surface area contributed by atoms with Crippen molar-refractivity contribution in [1.29, 1.82) is 0 Å². The van der Waals surface area contributed by atoms with Crippen LogP contribution in [0.1, 0.15) is 53.9 Å². The molecule has 0 saturated heterocycles. The third-order valence-corrected chi connectivity index (χ3v) is 5.83. The molecule has 2 aromatic rings. The average Bonchev–Trinajstić information content (AvgIpc) is 2.68. The van der Waals surface area contributed by atoms with Crippen LogP contribution in [-0.2, 0) is 18.9 Å². The zero-order valence-corrected chi connectivity index (χ0v) is 17.0. The molecule has 1 N–H and O–H groups in total. The largest absolute Gasteiger partial charge is 0.416 e. The summed E-state index contributed by atoms with van der Waals surface area (Å²) >= 11 is 0. The highest BCUT2D eigenvalue weighted by molar-refractivity contribution is 5.59. The van der Waals surface area contributed by atoms with Crippen molar-refractivity contribution in [2.24, 2.45) is 0 Å². The highest BCUT2D eigenvalue weighted by Crippen LogP contribution is 2.38. The van der Waals surface area contributed by atoms with Crippen LogP contribution in [0.4, 0.5) is 32.0 Å². The number of nitrogens with one attached hydrogen (secondary N) is 1. The van der Waals surface area contributed by atoms with E-state index >= 15 is 0 Å². The predicted molar refractivity (Wildman–Crippen MR) is 104 cm³/mol. The van der Waals surface area contributed by atoms with E-state index in [1.807, 2.05) is 19.0 Å². The van der Waals surface area contributed by atoms with Crippen LogP contribution < -0.4 is 16.2 Å². The highest BCUT2D eigenvalue weighted by Gasteiger charge is 2.38. The maximum atomic E-state index is 13.0. The first kappa shape index (κ1) is 23.3. The molecular weight excluding hydrogens is 426 g/mol. The van der Waals surface area contributed by atoms with Crippen LogP contribution >= 0.6 is 0 Å². The van der Waals surface area contributed by atoms with Crippen molar-refractivity contribution in [2.45, 2.75) is 56.5 Å². The Bertz CT molecular complexity index is 986. The quantitative estimate of drug-likeness (QED) is 0.540. The zero-order valence-electron chi connectivity index (χ0n) is 17.0. The summed E-state index contributed by atoms with van der Waals surface area (Å²) in [5.41, 5.74) is -4.27. The molecule has 1 aliphatic carbocycles. The van der Waals surface area contributed by atoms with Crippen molar-refractivity contribution in [3.05, 3.63) is 60.9 Å². The van der Waals surface area contributed by atoms with Crippen molar-refractivity contribution in [3.63, 3.8) is 0 Å². The first-order valence-electron chi connectivity index (χ1n) is 9.82. The summed E-state index contributed by atoms with van der Waals surface area (Å²) in [6.45, 7) is -0.440. The zero-order chi connectivity index (χ0) is 23.1. The van der Waals surface area contributed by atoms with Crippen molar-refractivity contribution in [3.8, 4) is 0 Å². The fourth-order valence-corrected chi connectivity index (χ4v) is 4.32. The topological polar surface area (TPSA) is 49.4 Å². The summed E-state index contributed by atoms with van der Waals surface area (Å²) in [6.07, 6.45) is -6.55. The Hall–Kier alpha value is -2.36. The molecule has 1 aliphatic rings. The Kier molecular flexibility index (Phi) is 6.23. The van der Waals surface area contributed by atoms with Crippen LogP contribution in [-0.4, -0.2) is 25.0 Å². The minimum atomic E-state index is -4.95. The van der Waals surface area contributed by atoms with Gasteiger partial charge in [0, 0.05) is 24.1 Å². The lowest BCUT2D eigenvalue weighted by atomic mass is 9.77. The van der Waals surface area contributed by atoms with Crippen LogP contribution in [0, 0.1) is 0 Å². The number of likely N-dealkylation sites (N-methyl/N-ethyl adjacent to an activating group) is 1. The van der Waals surface area contributed by atoms with E-state index in [1.165, 1.54) is 0 Å². The van der Waals surface area contributed by atoms with Gasteiger partial charge in [-0.1, -0.05) is 12.8 Å². The molecule has 0 spiro atoms. The summed E-state index contributed by atoms with van der Waals surface area (Å²) in [6, 6.07) is 1.30. The molecule has 0 amide bonds. The van der Waals surface area contributed by atoms with Gasteiger partial charge >= 0.3 is 12.4 Å². The minimum Gasteiger partial charge on any atom is -0.377 e. The SMILES string of the molecule is CN(C)[C@@H]1CCCC[C@H]1c1c(NCc2cc(C(F)(F)F)cc(C(F)(F)F)c2)c(=O)c1=O. The standard InChI is InChI=1S/C21H22F6N2O2/c1-29(2)15-6-4-3-5-14(15)16-17(19(31)18(16)30)28-10-11-7-12(20(22,23)24)9-13(8-11)21(25,26)27/h7-9,14-15,28H,3-6,10H2,1-2H3/t14-,15-/m1/s1. The summed E-state index contributed by atoms with van der Waals surface area (Å²) < 4.78 is 78.3. The van der Waals surface area contributed by atoms with E-state index in [0.29, 0.717) is 24.1 Å². The van der Waals surface area contributed by atoms with Crippen LogP contribution in [0.25, 0.3) is 0 Å². The summed E-state index contributed by atoms with van der Waals surface area (Å²) in [7, 11) is 3.73. The number of hydrogen-bond acceptors (Lipinski definition) is 4. The van der Waals surface area contributed by atoms with E-state index in [1.54, 1.807) is 0 Å². The molecule has 0 aliphatic heterocycles. The number of hydrogen-bond donors (Lipinski definition) is 1. The molecule has 170 valence electrons. The molecule has 10 heteroatoms. The molecule has 1 fully saturated rings. The fraction of sp³-hybridized carbons (Fsp3) is 0.524. The smallest absolute Gasteiger partial charge is 0.377 e. The molecule has 3 rings (SSSR count). The Morgan fingerprint density at radius 3 is 1.97 bits per heavy atom. The Morgan fingerprint density at radius 2 is 1.45 bits per heavy atom. The van der Waals surface area contributed by atoms with Crippen LogP contribution in [0.5, 0.6) is 0 Å². The molecular formula is C21H22F6N2O2. The molecule has 0 radical (unpaired) electrons. The van der Waals surface area contributed by atoms with E-state index in [0.717, 1.165) is 19.3 Å². The number of alkyl halides is 6. The molecule has 31 heavy (non-hydrogen) atoms. The van der Waals surface area contributed by atoms with Crippen molar-refractivity contribution in [2.75, 3.05) is 19.4 Å². The van der Waals surface area contributed by atoms with Crippen LogP contribution in [0.15, 0.2) is 27.8 Å². The van der Waals surface area contributed by atoms with Gasteiger partial charge in [0.25, 0.3) is 0 Å². The Balaban J connectivity index is 1.90. The van der Waals surface area contributed by atoms with Gasteiger partial charge in [-0.15, -0.1) is 0 Å². The van der Waals surface area contributed by atoms with Crippen LogP contribution in [0.3, 0.4) is 0 Å². The predicted octanol–water partition coefficient (Wildman–Crippen LogP) is 4.52. The number of halogens is 6. The maximum absolute atomic E-state index is 13.0. The Labute approximate surface area is 174 Å². The Morgan fingerprint density at radius 1 is 0.903 bits per heavy atom. The average molecular weight is 448 g/mol. The van der Waals surface area contributed by atoms with Gasteiger partial charge in [0.2, 0.25) is 10.9 Å². The van der Waals surface area contributed by atoms with Gasteiger partial charge in [0.1, 0.15) is 0 Å². The number of anilines is 1. The lowest BCUT2D eigenvalue weighted by Crippen LogP contribution is -2.46. The lowest BCUT2D eigenvalue weighted by Gasteiger charge is -2.37. The van der Waals surface area contributed by atoms with Crippen molar-refractivity contribution in [1.82, 2.24) is 4.90 Å². The van der Waals surface area contributed by atoms with Gasteiger partial charge in [0.15, 0.2) is 0 Å². The molecule has 2 aromatic carbocycles. The van der Waals surface area contributed by atoms with E-state index in [2.05, 4.69) is 5.32 Å². The van der Waals surface area contributed by atoms with E-state index in [9.17, 15) is 35.9 Å². The van der Waals surface area contributed by atoms with Crippen molar-refractivity contribution < 1.29 is 26.3 Å². The van der Waals surface area contributed by atoms with Gasteiger partial charge in [-0.3, -0.25) is 9.59 Å². The molecule has 0 unspecified atom stereocenters. The number of rotatable bonds is 5. The van der Waals surface area contributed by atoms with Gasteiger partial charge in [-0.05, 0) is 50.7 Å². The molecule has 2 atom stereocenters. The normalized spacial score (nSPS) is 20.4. The highest BCUT2D eigenvalue weighted by atomic mass is 19.4. The number of nitrogens with zero attached hydrogens (tertiary/aromatic N) is 1. The van der Waals surface area contributed by atoms with E-state index in [-0.39, 0.29) is 29.3 Å². The maximum Gasteiger partial charge on any atom is 0.416 e. The first-order chi connectivity index (χ1) is 14.3. The van der Waals surface area contributed by atoms with Gasteiger partial charge in [-0.25, -0.2) is 0 Å².